The van der Waals surface area contributed by atoms with Crippen LogP contribution in [-0.2, 0) is 12.6 Å². The number of halogens is 1. The van der Waals surface area contributed by atoms with E-state index in [1.807, 2.05) is 0 Å². The van der Waals surface area contributed by atoms with E-state index in [4.69, 9.17) is 8.25 Å². The molecule has 0 fully saturated rings. The molecule has 3 N–H and O–H groups in total. The van der Waals surface area contributed by atoms with Crippen molar-refractivity contribution in [2.45, 2.75) is 4.90 Å². The third-order valence-corrected chi connectivity index (χ3v) is 7.91. The third kappa shape index (κ3) is 3.71. The topological polar surface area (TPSA) is 133 Å². The molecule has 22 heavy (non-hydrogen) atoms. The van der Waals surface area contributed by atoms with Gasteiger partial charge >= 0.3 is 134 Å². The van der Waals surface area contributed by atoms with Crippen LogP contribution in [0.1, 0.15) is 0 Å². The molecule has 0 radical (unpaired) electrons. The van der Waals surface area contributed by atoms with Crippen LogP contribution >= 0.6 is 20.6 Å². The van der Waals surface area contributed by atoms with Crippen LogP contribution in [0.2, 0.25) is 0 Å². The van der Waals surface area contributed by atoms with Crippen molar-refractivity contribution in [2.75, 3.05) is 5.73 Å². The maximum atomic E-state index is 12.2. The van der Waals surface area contributed by atoms with Crippen molar-refractivity contribution in [1.29, 1.82) is 0 Å². The first-order valence-corrected chi connectivity index (χ1v) is 10.1. The number of hydrogen-bond donors (Lipinski definition) is 2. The zero-order valence-corrected chi connectivity index (χ0v) is 13.9. The number of nitrogen functional groups attached to an aromatic ring is 1. The molecule has 0 bridgehead atoms. The summed E-state index contributed by atoms with van der Waals surface area (Å²) in [5.41, 5.74) is 4.77. The molecule has 0 aliphatic heterocycles. The number of nitrogens with zero attached hydrogens (tertiary/aromatic N) is 1. The molecule has 0 saturated heterocycles. The molecule has 0 unspecified atom stereocenters. The number of nitro benzene ring substituents is 1. The quantitative estimate of drug-likeness (QED) is 0.316. The van der Waals surface area contributed by atoms with Crippen LogP contribution in [0, 0.1) is 13.7 Å². The Labute approximate surface area is 134 Å². The summed E-state index contributed by atoms with van der Waals surface area (Å²) >= 11 is -3.45. The molecule has 0 atom stereocenters. The molecule has 0 aromatic heterocycles. The molecular weight excluding hydrogens is 427 g/mol. The summed E-state index contributed by atoms with van der Waals surface area (Å²) in [5, 5.41) is 11.0. The van der Waals surface area contributed by atoms with Crippen LogP contribution in [0.5, 0.6) is 0 Å². The number of anilines is 1. The standard InChI is InChI=1S/C12H11IN2O6S/c14-10-6-7-12(11(8-10)15(17)18)22(19,20)21-13(16)9-4-2-1-3-5-9/h1-8,16H,14H2. The van der Waals surface area contributed by atoms with Crippen molar-refractivity contribution in [3.05, 3.63) is 62.2 Å². The van der Waals surface area contributed by atoms with Gasteiger partial charge in [0, 0.05) is 0 Å². The van der Waals surface area contributed by atoms with E-state index in [2.05, 4.69) is 0 Å². The predicted molar refractivity (Wildman–Crippen MR) is 87.2 cm³/mol. The molecule has 2 aromatic carbocycles. The fourth-order valence-corrected chi connectivity index (χ4v) is 6.06. The maximum absolute atomic E-state index is 12.2. The van der Waals surface area contributed by atoms with Crippen LogP contribution in [-0.4, -0.2) is 16.8 Å². The first-order valence-electron chi connectivity index (χ1n) is 5.74. The summed E-state index contributed by atoms with van der Waals surface area (Å²) < 4.78 is 39.4. The van der Waals surface area contributed by atoms with Crippen molar-refractivity contribution >= 4 is 42.1 Å². The van der Waals surface area contributed by atoms with Gasteiger partial charge in [0.2, 0.25) is 0 Å². The van der Waals surface area contributed by atoms with Gasteiger partial charge < -0.3 is 0 Å². The summed E-state index contributed by atoms with van der Waals surface area (Å²) in [6, 6.07) is 11.1. The molecule has 0 heterocycles. The van der Waals surface area contributed by atoms with E-state index >= 15 is 0 Å². The van der Waals surface area contributed by atoms with E-state index in [0.29, 0.717) is 3.57 Å². The Morgan fingerprint density at radius 2 is 1.82 bits per heavy atom. The van der Waals surface area contributed by atoms with Gasteiger partial charge in [-0.2, -0.15) is 0 Å². The number of hydrogen-bond acceptors (Lipinski definition) is 7. The first-order chi connectivity index (χ1) is 10.3. The van der Waals surface area contributed by atoms with Gasteiger partial charge in [-0.3, -0.25) is 0 Å². The van der Waals surface area contributed by atoms with Crippen molar-refractivity contribution in [2.24, 2.45) is 0 Å². The summed E-state index contributed by atoms with van der Waals surface area (Å²) in [7, 11) is -4.48. The van der Waals surface area contributed by atoms with Gasteiger partial charge in [-0.25, -0.2) is 0 Å². The van der Waals surface area contributed by atoms with Gasteiger partial charge in [0.25, 0.3) is 0 Å². The van der Waals surface area contributed by atoms with Crippen LogP contribution < -0.4 is 5.73 Å². The Morgan fingerprint density at radius 3 is 2.41 bits per heavy atom. The molecule has 8 nitrogen and oxygen atoms in total. The molecule has 0 spiro atoms. The van der Waals surface area contributed by atoms with Crippen molar-refractivity contribution in [3.8, 4) is 0 Å². The summed E-state index contributed by atoms with van der Waals surface area (Å²) in [5.74, 6) is 0. The van der Waals surface area contributed by atoms with E-state index in [1.165, 1.54) is 18.2 Å². The molecule has 2 aromatic rings. The van der Waals surface area contributed by atoms with Gasteiger partial charge in [0.15, 0.2) is 0 Å². The zero-order chi connectivity index (χ0) is 16.3. The van der Waals surface area contributed by atoms with Crippen molar-refractivity contribution < 1.29 is 19.3 Å². The molecule has 0 aliphatic carbocycles. The summed E-state index contributed by atoms with van der Waals surface area (Å²) in [4.78, 5) is 9.45. The molecule has 0 aliphatic rings. The second-order valence-electron chi connectivity index (χ2n) is 4.03. The Morgan fingerprint density at radius 1 is 1.18 bits per heavy atom. The normalized spacial score (nSPS) is 12.0. The van der Waals surface area contributed by atoms with E-state index in [0.717, 1.165) is 12.1 Å². The minimum absolute atomic E-state index is 0.0491. The predicted octanol–water partition coefficient (Wildman–Crippen LogP) is 2.08. The van der Waals surface area contributed by atoms with Gasteiger partial charge in [0.1, 0.15) is 0 Å². The van der Waals surface area contributed by atoms with E-state index in [-0.39, 0.29) is 5.69 Å². The van der Waals surface area contributed by atoms with Gasteiger partial charge in [-0.05, 0) is 0 Å². The van der Waals surface area contributed by atoms with Gasteiger partial charge in [0.05, 0.1) is 0 Å². The Hall–Kier alpha value is -1.76. The van der Waals surface area contributed by atoms with E-state index in [9.17, 15) is 22.0 Å². The van der Waals surface area contributed by atoms with Gasteiger partial charge in [-0.1, -0.05) is 0 Å². The second-order valence-corrected chi connectivity index (χ2v) is 9.14. The Balaban J connectivity index is 2.37. The van der Waals surface area contributed by atoms with E-state index in [1.54, 1.807) is 18.2 Å². The molecule has 0 amide bonds. The summed E-state index contributed by atoms with van der Waals surface area (Å²) in [6.45, 7) is 0. The van der Waals surface area contributed by atoms with E-state index < -0.39 is 46.3 Å². The van der Waals surface area contributed by atoms with Crippen LogP contribution in [0.3, 0.4) is 0 Å². The van der Waals surface area contributed by atoms with Gasteiger partial charge in [-0.15, -0.1) is 0 Å². The number of rotatable bonds is 5. The van der Waals surface area contributed by atoms with Crippen molar-refractivity contribution in [1.82, 2.24) is 0 Å². The Kier molecular flexibility index (Phi) is 4.95. The molecular formula is C12H11IN2O6S. The average Bonchev–Trinajstić information content (AvgIpc) is 2.47. The minimum atomic E-state index is -4.48. The monoisotopic (exact) mass is 438 g/mol. The SMILES string of the molecule is Nc1ccc(S(=O)(=O)OI(O)c2ccccc2)c([N+](=O)[O-])c1. The molecule has 10 heteroatoms. The van der Waals surface area contributed by atoms with Crippen LogP contribution in [0.15, 0.2) is 53.4 Å². The number of nitrogens with two attached hydrogens (primary N) is 1. The molecule has 0 saturated carbocycles. The average molecular weight is 438 g/mol. The first kappa shape index (κ1) is 16.6. The Bertz CT molecular complexity index is 797. The van der Waals surface area contributed by atoms with Crippen LogP contribution in [0.25, 0.3) is 0 Å². The fraction of sp³-hybridized carbons (Fsp3) is 0. The van der Waals surface area contributed by atoms with Crippen molar-refractivity contribution in [3.63, 3.8) is 0 Å². The van der Waals surface area contributed by atoms with Crippen LogP contribution in [0.4, 0.5) is 11.4 Å². The zero-order valence-electron chi connectivity index (χ0n) is 10.9. The fourth-order valence-electron chi connectivity index (χ4n) is 1.56. The molecule has 2 rings (SSSR count). The number of nitro groups is 1. The second kappa shape index (κ2) is 6.56. The third-order valence-electron chi connectivity index (χ3n) is 2.51. The summed E-state index contributed by atoms with van der Waals surface area (Å²) in [6.07, 6.45) is 0. The number of benzene rings is 2. The molecule has 118 valence electrons.